The van der Waals surface area contributed by atoms with E-state index in [1.807, 2.05) is 0 Å². The van der Waals surface area contributed by atoms with Crippen LogP contribution in [-0.4, -0.2) is 13.1 Å². The molecule has 3 heteroatoms. The summed E-state index contributed by atoms with van der Waals surface area (Å²) in [6, 6.07) is 10.7. The van der Waals surface area contributed by atoms with E-state index in [-0.39, 0.29) is 0 Å². The molecule has 0 aliphatic rings. The van der Waals surface area contributed by atoms with Gasteiger partial charge in [0.05, 0.1) is 12.8 Å². The largest absolute Gasteiger partial charge is 0.467 e. The Kier molecular flexibility index (Phi) is 5.24. The molecule has 3 nitrogen and oxygen atoms in total. The minimum Gasteiger partial charge on any atom is -0.467 e. The fourth-order valence-corrected chi connectivity index (χ4v) is 2.24. The van der Waals surface area contributed by atoms with Crippen LogP contribution >= 0.6 is 0 Å². The first-order valence-corrected chi connectivity index (χ1v) is 7.32. The summed E-state index contributed by atoms with van der Waals surface area (Å²) in [5.74, 6) is 1.05. The van der Waals surface area contributed by atoms with E-state index in [1.54, 1.807) is 6.26 Å². The van der Waals surface area contributed by atoms with Gasteiger partial charge in [0.1, 0.15) is 5.76 Å². The summed E-state index contributed by atoms with van der Waals surface area (Å²) in [5.41, 5.74) is 3.77. The van der Waals surface area contributed by atoms with Crippen LogP contribution in [0.2, 0.25) is 0 Å². The van der Waals surface area contributed by atoms with Crippen molar-refractivity contribution in [3.8, 4) is 0 Å². The highest BCUT2D eigenvalue weighted by Crippen LogP contribution is 2.20. The molecule has 20 heavy (non-hydrogen) atoms. The molecule has 2 rings (SSSR count). The third-order valence-electron chi connectivity index (χ3n) is 3.52. The van der Waals surface area contributed by atoms with E-state index in [1.165, 1.54) is 16.8 Å². The van der Waals surface area contributed by atoms with Crippen molar-refractivity contribution in [2.75, 3.05) is 18.0 Å². The number of aryl methyl sites for hydroxylation is 1. The van der Waals surface area contributed by atoms with Gasteiger partial charge in [-0.25, -0.2) is 0 Å². The summed E-state index contributed by atoms with van der Waals surface area (Å²) in [6.45, 7) is 10.0. The summed E-state index contributed by atoms with van der Waals surface area (Å²) >= 11 is 0. The maximum Gasteiger partial charge on any atom is 0.127 e. The minimum absolute atomic E-state index is 0.813. The molecule has 0 bridgehead atoms. The van der Waals surface area contributed by atoms with Gasteiger partial charge < -0.3 is 14.6 Å². The molecule has 1 heterocycles. The van der Waals surface area contributed by atoms with E-state index < -0.39 is 0 Å². The van der Waals surface area contributed by atoms with Crippen molar-refractivity contribution in [3.05, 3.63) is 53.5 Å². The molecule has 0 saturated carbocycles. The molecule has 0 amide bonds. The van der Waals surface area contributed by atoms with Crippen LogP contribution in [0, 0.1) is 6.92 Å². The molecule has 2 aromatic rings. The highest BCUT2D eigenvalue weighted by Gasteiger charge is 2.11. The quantitative estimate of drug-likeness (QED) is 0.832. The van der Waals surface area contributed by atoms with Crippen LogP contribution in [0.4, 0.5) is 5.69 Å². The van der Waals surface area contributed by atoms with Gasteiger partial charge in [0, 0.05) is 24.3 Å². The van der Waals surface area contributed by atoms with Crippen LogP contribution in [-0.2, 0) is 13.1 Å². The number of benzene rings is 1. The molecule has 1 N–H and O–H groups in total. The zero-order valence-corrected chi connectivity index (χ0v) is 12.6. The molecule has 0 aliphatic carbocycles. The van der Waals surface area contributed by atoms with E-state index in [9.17, 15) is 0 Å². The standard InChI is InChI=1S/C17H24N2O/c1-4-18-12-15-10-11-20-17(15)13-19(5-2)16-8-6-14(3)7-9-16/h6-11,18H,4-5,12-13H2,1-3H3. The van der Waals surface area contributed by atoms with Gasteiger partial charge in [0.2, 0.25) is 0 Å². The number of hydrogen-bond acceptors (Lipinski definition) is 3. The molecular formula is C17H24N2O. The Morgan fingerprint density at radius 3 is 2.50 bits per heavy atom. The second kappa shape index (κ2) is 7.15. The van der Waals surface area contributed by atoms with E-state index >= 15 is 0 Å². The van der Waals surface area contributed by atoms with Gasteiger partial charge in [0.15, 0.2) is 0 Å². The van der Waals surface area contributed by atoms with Crippen molar-refractivity contribution in [1.29, 1.82) is 0 Å². The molecule has 0 radical (unpaired) electrons. The topological polar surface area (TPSA) is 28.4 Å². The van der Waals surface area contributed by atoms with Gasteiger partial charge >= 0.3 is 0 Å². The third-order valence-corrected chi connectivity index (χ3v) is 3.52. The zero-order valence-electron chi connectivity index (χ0n) is 12.6. The Hall–Kier alpha value is -1.74. The Morgan fingerprint density at radius 1 is 1.10 bits per heavy atom. The summed E-state index contributed by atoms with van der Waals surface area (Å²) in [6.07, 6.45) is 1.78. The first-order valence-electron chi connectivity index (χ1n) is 7.32. The summed E-state index contributed by atoms with van der Waals surface area (Å²) < 4.78 is 5.66. The molecule has 1 aromatic carbocycles. The maximum absolute atomic E-state index is 5.66. The molecular weight excluding hydrogens is 248 g/mol. The fourth-order valence-electron chi connectivity index (χ4n) is 2.24. The van der Waals surface area contributed by atoms with Crippen molar-refractivity contribution >= 4 is 5.69 Å². The van der Waals surface area contributed by atoms with Crippen molar-refractivity contribution in [3.63, 3.8) is 0 Å². The Morgan fingerprint density at radius 2 is 1.85 bits per heavy atom. The monoisotopic (exact) mass is 272 g/mol. The minimum atomic E-state index is 0.813. The maximum atomic E-state index is 5.66. The van der Waals surface area contributed by atoms with Gasteiger partial charge in [-0.15, -0.1) is 0 Å². The summed E-state index contributed by atoms with van der Waals surface area (Å²) in [5, 5.41) is 3.35. The van der Waals surface area contributed by atoms with Gasteiger partial charge in [0.25, 0.3) is 0 Å². The normalized spacial score (nSPS) is 10.8. The predicted octanol–water partition coefficient (Wildman–Crippen LogP) is 3.72. The van der Waals surface area contributed by atoms with Crippen LogP contribution in [0.15, 0.2) is 41.0 Å². The number of furan rings is 1. The average molecular weight is 272 g/mol. The van der Waals surface area contributed by atoms with E-state index in [0.29, 0.717) is 0 Å². The molecule has 0 atom stereocenters. The van der Waals surface area contributed by atoms with Gasteiger partial charge in [-0.3, -0.25) is 0 Å². The Labute approximate surface area is 121 Å². The number of anilines is 1. The number of nitrogens with zero attached hydrogens (tertiary/aromatic N) is 1. The molecule has 0 spiro atoms. The highest BCUT2D eigenvalue weighted by atomic mass is 16.3. The summed E-state index contributed by atoms with van der Waals surface area (Å²) in [7, 11) is 0. The smallest absolute Gasteiger partial charge is 0.127 e. The van der Waals surface area contributed by atoms with Crippen LogP contribution in [0.1, 0.15) is 30.7 Å². The van der Waals surface area contributed by atoms with Crippen molar-refractivity contribution < 1.29 is 4.42 Å². The Bertz CT molecular complexity index is 516. The lowest BCUT2D eigenvalue weighted by Gasteiger charge is -2.22. The molecule has 0 fully saturated rings. The lowest BCUT2D eigenvalue weighted by molar-refractivity contribution is 0.496. The lowest BCUT2D eigenvalue weighted by atomic mass is 10.2. The van der Waals surface area contributed by atoms with Crippen LogP contribution in [0.25, 0.3) is 0 Å². The second-order valence-corrected chi connectivity index (χ2v) is 5.00. The van der Waals surface area contributed by atoms with Crippen LogP contribution in [0.3, 0.4) is 0 Å². The molecule has 108 valence electrons. The lowest BCUT2D eigenvalue weighted by Crippen LogP contribution is -2.23. The van der Waals surface area contributed by atoms with E-state index in [0.717, 1.165) is 31.9 Å². The number of rotatable bonds is 7. The van der Waals surface area contributed by atoms with Crippen molar-refractivity contribution in [2.45, 2.75) is 33.9 Å². The van der Waals surface area contributed by atoms with Gasteiger partial charge in [-0.1, -0.05) is 24.6 Å². The second-order valence-electron chi connectivity index (χ2n) is 5.00. The van der Waals surface area contributed by atoms with Crippen LogP contribution < -0.4 is 10.2 Å². The molecule has 0 unspecified atom stereocenters. The first-order chi connectivity index (χ1) is 9.74. The molecule has 0 saturated heterocycles. The molecule has 0 aliphatic heterocycles. The number of hydrogen-bond donors (Lipinski definition) is 1. The SMILES string of the molecule is CCNCc1ccoc1CN(CC)c1ccc(C)cc1. The average Bonchev–Trinajstić information content (AvgIpc) is 2.91. The van der Waals surface area contributed by atoms with E-state index in [4.69, 9.17) is 4.42 Å². The van der Waals surface area contributed by atoms with E-state index in [2.05, 4.69) is 61.3 Å². The van der Waals surface area contributed by atoms with Crippen LogP contribution in [0.5, 0.6) is 0 Å². The fraction of sp³-hybridized carbons (Fsp3) is 0.412. The van der Waals surface area contributed by atoms with Crippen molar-refractivity contribution in [1.82, 2.24) is 5.32 Å². The Balaban J connectivity index is 2.10. The van der Waals surface area contributed by atoms with Gasteiger partial charge in [-0.05, 0) is 38.6 Å². The highest BCUT2D eigenvalue weighted by molar-refractivity contribution is 5.47. The van der Waals surface area contributed by atoms with Gasteiger partial charge in [-0.2, -0.15) is 0 Å². The molecule has 1 aromatic heterocycles. The zero-order chi connectivity index (χ0) is 14.4. The summed E-state index contributed by atoms with van der Waals surface area (Å²) in [4.78, 5) is 2.33. The third kappa shape index (κ3) is 3.64. The van der Waals surface area contributed by atoms with Crippen molar-refractivity contribution in [2.24, 2.45) is 0 Å². The predicted molar refractivity (Wildman–Crippen MR) is 84.0 cm³/mol. The number of nitrogens with one attached hydrogen (secondary N) is 1. The first kappa shape index (κ1) is 14.7.